The third-order valence-corrected chi connectivity index (χ3v) is 1.34. The number of likely N-dealkylation sites (N-methyl/N-ethyl adjacent to an activating group) is 1. The predicted octanol–water partition coefficient (Wildman–Crippen LogP) is -0.125. The van der Waals surface area contributed by atoms with Crippen LogP contribution in [0.25, 0.3) is 0 Å². The number of rotatable bonds is 0. The van der Waals surface area contributed by atoms with E-state index in [0.717, 1.165) is 0 Å². The van der Waals surface area contributed by atoms with Gasteiger partial charge in [0.25, 0.3) is 0 Å². The Labute approximate surface area is 48.0 Å². The lowest BCUT2D eigenvalue weighted by Crippen LogP contribution is -2.25. The van der Waals surface area contributed by atoms with Gasteiger partial charge in [0.15, 0.2) is 5.78 Å². The van der Waals surface area contributed by atoms with E-state index in [-0.39, 0.29) is 11.8 Å². The average molecular weight is 112 g/mol. The summed E-state index contributed by atoms with van der Waals surface area (Å²) >= 11 is 0. The number of carbonyl (C=O) groups excluding carboxylic acids is 1. The van der Waals surface area contributed by atoms with Crippen LogP contribution in [0.5, 0.6) is 0 Å². The van der Waals surface area contributed by atoms with Crippen molar-refractivity contribution in [2.75, 3.05) is 7.05 Å². The SMILES string of the molecule is CC1C(=O)C=NN1C. The molecule has 8 heavy (non-hydrogen) atoms. The molecule has 44 valence electrons. The molecule has 1 aliphatic rings. The molecule has 1 rings (SSSR count). The van der Waals surface area contributed by atoms with Crippen molar-refractivity contribution < 1.29 is 4.79 Å². The van der Waals surface area contributed by atoms with Gasteiger partial charge in [-0.15, -0.1) is 0 Å². The van der Waals surface area contributed by atoms with Crippen LogP contribution in [0.15, 0.2) is 5.10 Å². The Bertz CT molecular complexity index is 141. The van der Waals surface area contributed by atoms with Gasteiger partial charge in [0.2, 0.25) is 0 Å². The van der Waals surface area contributed by atoms with Crippen molar-refractivity contribution in [2.45, 2.75) is 13.0 Å². The summed E-state index contributed by atoms with van der Waals surface area (Å²) in [6, 6.07) is -0.0463. The van der Waals surface area contributed by atoms with Gasteiger partial charge in [0.1, 0.15) is 6.04 Å². The monoisotopic (exact) mass is 112 g/mol. The molecule has 1 unspecified atom stereocenters. The number of hydrogen-bond donors (Lipinski definition) is 0. The molecule has 0 aromatic carbocycles. The summed E-state index contributed by atoms with van der Waals surface area (Å²) in [5.41, 5.74) is 0. The molecule has 3 nitrogen and oxygen atoms in total. The Hall–Kier alpha value is -0.860. The number of hydrogen-bond acceptors (Lipinski definition) is 3. The Morgan fingerprint density at radius 3 is 2.62 bits per heavy atom. The van der Waals surface area contributed by atoms with Crippen LogP contribution in [-0.4, -0.2) is 30.1 Å². The van der Waals surface area contributed by atoms with Gasteiger partial charge in [0, 0.05) is 7.05 Å². The molecule has 0 N–H and O–H groups in total. The van der Waals surface area contributed by atoms with Crippen molar-refractivity contribution in [2.24, 2.45) is 5.10 Å². The first-order chi connectivity index (χ1) is 3.72. The van der Waals surface area contributed by atoms with E-state index in [1.54, 1.807) is 12.1 Å². The summed E-state index contributed by atoms with van der Waals surface area (Å²) in [5.74, 6) is 0.0903. The highest BCUT2D eigenvalue weighted by Crippen LogP contribution is 2.01. The van der Waals surface area contributed by atoms with E-state index in [2.05, 4.69) is 5.10 Å². The molecule has 0 aromatic rings. The highest BCUT2D eigenvalue weighted by atomic mass is 16.1. The van der Waals surface area contributed by atoms with Crippen molar-refractivity contribution in [3.63, 3.8) is 0 Å². The molecule has 0 bridgehead atoms. The van der Waals surface area contributed by atoms with E-state index in [1.807, 2.05) is 6.92 Å². The zero-order valence-corrected chi connectivity index (χ0v) is 4.96. The summed E-state index contributed by atoms with van der Waals surface area (Å²) in [7, 11) is 1.78. The Morgan fingerprint density at radius 2 is 2.50 bits per heavy atom. The first kappa shape index (κ1) is 5.28. The molecule has 0 amide bonds. The van der Waals surface area contributed by atoms with Crippen LogP contribution < -0.4 is 0 Å². The molecular formula is C5H8N2O. The first-order valence-electron chi connectivity index (χ1n) is 2.52. The maximum Gasteiger partial charge on any atom is 0.199 e. The maximum atomic E-state index is 10.6. The molecule has 1 heterocycles. The van der Waals surface area contributed by atoms with Crippen molar-refractivity contribution >= 4 is 12.0 Å². The molecule has 1 atom stereocenters. The lowest BCUT2D eigenvalue weighted by atomic mass is 10.2. The van der Waals surface area contributed by atoms with E-state index in [1.165, 1.54) is 6.21 Å². The molecule has 1 aliphatic heterocycles. The Kier molecular flexibility index (Phi) is 1.04. The lowest BCUT2D eigenvalue weighted by molar-refractivity contribution is -0.115. The third kappa shape index (κ3) is 0.598. The Balaban J connectivity index is 2.69. The number of ketones is 1. The molecule has 0 radical (unpaired) electrons. The van der Waals surface area contributed by atoms with Gasteiger partial charge in [0.05, 0.1) is 6.21 Å². The van der Waals surface area contributed by atoms with Gasteiger partial charge in [-0.3, -0.25) is 9.80 Å². The van der Waals surface area contributed by atoms with Crippen LogP contribution in [-0.2, 0) is 4.79 Å². The van der Waals surface area contributed by atoms with E-state index < -0.39 is 0 Å². The van der Waals surface area contributed by atoms with E-state index in [4.69, 9.17) is 0 Å². The van der Waals surface area contributed by atoms with E-state index in [9.17, 15) is 4.79 Å². The second kappa shape index (κ2) is 1.58. The van der Waals surface area contributed by atoms with Gasteiger partial charge >= 0.3 is 0 Å². The van der Waals surface area contributed by atoms with Crippen LogP contribution in [0.2, 0.25) is 0 Å². The first-order valence-corrected chi connectivity index (χ1v) is 2.52. The minimum absolute atomic E-state index is 0.0463. The van der Waals surface area contributed by atoms with Crippen molar-refractivity contribution in [3.05, 3.63) is 0 Å². The molecule has 0 saturated heterocycles. The summed E-state index contributed by atoms with van der Waals surface area (Å²) < 4.78 is 0. The summed E-state index contributed by atoms with van der Waals surface area (Å²) in [4.78, 5) is 10.6. The molecular weight excluding hydrogens is 104 g/mol. The van der Waals surface area contributed by atoms with Gasteiger partial charge in [-0.05, 0) is 6.92 Å². The smallest absolute Gasteiger partial charge is 0.199 e. The quantitative estimate of drug-likeness (QED) is 0.437. The second-order valence-electron chi connectivity index (χ2n) is 1.90. The van der Waals surface area contributed by atoms with E-state index >= 15 is 0 Å². The summed E-state index contributed by atoms with van der Waals surface area (Å²) in [6.45, 7) is 1.83. The number of hydrazone groups is 1. The van der Waals surface area contributed by atoms with Gasteiger partial charge in [-0.2, -0.15) is 5.10 Å². The van der Waals surface area contributed by atoms with Crippen LogP contribution in [0.3, 0.4) is 0 Å². The highest BCUT2D eigenvalue weighted by Gasteiger charge is 2.19. The maximum absolute atomic E-state index is 10.6. The van der Waals surface area contributed by atoms with Crippen molar-refractivity contribution in [3.8, 4) is 0 Å². The van der Waals surface area contributed by atoms with E-state index in [0.29, 0.717) is 0 Å². The van der Waals surface area contributed by atoms with Crippen LogP contribution in [0.1, 0.15) is 6.92 Å². The number of Topliss-reactive ketones (excluding diaryl/α,β-unsaturated/α-hetero) is 1. The third-order valence-electron chi connectivity index (χ3n) is 1.34. The number of carbonyl (C=O) groups is 1. The largest absolute Gasteiger partial charge is 0.291 e. The minimum Gasteiger partial charge on any atom is -0.291 e. The standard InChI is InChI=1S/C5H8N2O/c1-4-5(8)3-6-7(4)2/h3-4H,1-2H3. The van der Waals surface area contributed by atoms with Crippen LogP contribution >= 0.6 is 0 Å². The zero-order valence-electron chi connectivity index (χ0n) is 4.96. The molecule has 0 spiro atoms. The van der Waals surface area contributed by atoms with Gasteiger partial charge in [-0.25, -0.2) is 0 Å². The normalized spacial score (nSPS) is 27.5. The highest BCUT2D eigenvalue weighted by molar-refractivity contribution is 6.30. The lowest BCUT2D eigenvalue weighted by Gasteiger charge is -2.10. The molecule has 0 aliphatic carbocycles. The molecule has 0 aromatic heterocycles. The Morgan fingerprint density at radius 1 is 1.88 bits per heavy atom. The fourth-order valence-corrected chi connectivity index (χ4v) is 0.540. The number of nitrogens with zero attached hydrogens (tertiary/aromatic N) is 2. The summed E-state index contributed by atoms with van der Waals surface area (Å²) in [5, 5.41) is 5.40. The fourth-order valence-electron chi connectivity index (χ4n) is 0.540. The second-order valence-corrected chi connectivity index (χ2v) is 1.90. The topological polar surface area (TPSA) is 32.7 Å². The van der Waals surface area contributed by atoms with Crippen LogP contribution in [0.4, 0.5) is 0 Å². The molecule has 3 heteroatoms. The average Bonchev–Trinajstić information content (AvgIpc) is 1.98. The molecule has 0 saturated carbocycles. The van der Waals surface area contributed by atoms with Gasteiger partial charge in [-0.1, -0.05) is 0 Å². The van der Waals surface area contributed by atoms with Crippen LogP contribution in [0, 0.1) is 0 Å². The fraction of sp³-hybridized carbons (Fsp3) is 0.600. The van der Waals surface area contributed by atoms with Crippen molar-refractivity contribution in [1.29, 1.82) is 0 Å². The predicted molar refractivity (Wildman–Crippen MR) is 30.7 cm³/mol. The zero-order chi connectivity index (χ0) is 6.15. The minimum atomic E-state index is -0.0463. The van der Waals surface area contributed by atoms with Crippen molar-refractivity contribution in [1.82, 2.24) is 5.01 Å². The van der Waals surface area contributed by atoms with Gasteiger partial charge < -0.3 is 0 Å². The molecule has 0 fully saturated rings. The summed E-state index contributed by atoms with van der Waals surface area (Å²) in [6.07, 6.45) is 1.35.